The Balaban J connectivity index is 1.99. The van der Waals surface area contributed by atoms with Crippen LogP contribution < -0.4 is 0 Å². The van der Waals surface area contributed by atoms with Crippen molar-refractivity contribution in [3.05, 3.63) is 42.0 Å². The maximum absolute atomic E-state index is 9.66. The Morgan fingerprint density at radius 3 is 2.65 bits per heavy atom. The molecule has 20 heavy (non-hydrogen) atoms. The zero-order valence-electron chi connectivity index (χ0n) is 10.8. The Kier molecular flexibility index (Phi) is 3.54. The molecule has 0 amide bonds. The van der Waals surface area contributed by atoms with Crippen molar-refractivity contribution >= 4 is 33.3 Å². The van der Waals surface area contributed by atoms with Crippen LogP contribution in [0.15, 0.2) is 45.6 Å². The molecule has 3 rings (SSSR count). The highest BCUT2D eigenvalue weighted by Crippen LogP contribution is 2.40. The van der Waals surface area contributed by atoms with Crippen molar-refractivity contribution in [1.29, 1.82) is 0 Å². The van der Waals surface area contributed by atoms with E-state index >= 15 is 0 Å². The minimum Gasteiger partial charge on any atom is -0.504 e. The standard InChI is InChI=1S/C15H13NO2S2/c1-2-9-7-11(17)12(18)8-14(9)20-15-16-10-5-3-4-6-13(10)19-15/h3-8,17-18H,2H2,1H3. The van der Waals surface area contributed by atoms with Crippen molar-refractivity contribution in [1.82, 2.24) is 4.98 Å². The minimum absolute atomic E-state index is 0.0736. The minimum atomic E-state index is -0.0918. The van der Waals surface area contributed by atoms with Gasteiger partial charge in [0.25, 0.3) is 0 Å². The largest absolute Gasteiger partial charge is 0.504 e. The lowest BCUT2D eigenvalue weighted by atomic mass is 10.1. The number of phenolic OH excluding ortho intramolecular Hbond substituents is 2. The van der Waals surface area contributed by atoms with Crippen LogP contribution >= 0.6 is 23.1 Å². The lowest BCUT2D eigenvalue weighted by molar-refractivity contribution is 0.401. The summed E-state index contributed by atoms with van der Waals surface area (Å²) in [6, 6.07) is 11.2. The molecule has 5 heteroatoms. The predicted octanol–water partition coefficient (Wildman–Crippen LogP) is 4.42. The first-order chi connectivity index (χ1) is 9.67. The van der Waals surface area contributed by atoms with Crippen LogP contribution in [0.1, 0.15) is 12.5 Å². The van der Waals surface area contributed by atoms with Crippen LogP contribution in [0, 0.1) is 0 Å². The third-order valence-electron chi connectivity index (χ3n) is 3.01. The van der Waals surface area contributed by atoms with Crippen molar-refractivity contribution in [2.24, 2.45) is 0 Å². The van der Waals surface area contributed by atoms with E-state index < -0.39 is 0 Å². The Morgan fingerprint density at radius 1 is 1.15 bits per heavy atom. The summed E-state index contributed by atoms with van der Waals surface area (Å²) in [5.74, 6) is -0.165. The fraction of sp³-hybridized carbons (Fsp3) is 0.133. The van der Waals surface area contributed by atoms with Gasteiger partial charge in [-0.05, 0) is 36.2 Å². The maximum atomic E-state index is 9.66. The number of phenols is 2. The van der Waals surface area contributed by atoms with E-state index in [1.54, 1.807) is 23.5 Å². The highest BCUT2D eigenvalue weighted by molar-refractivity contribution is 8.01. The van der Waals surface area contributed by atoms with Gasteiger partial charge in [0.2, 0.25) is 0 Å². The van der Waals surface area contributed by atoms with E-state index in [4.69, 9.17) is 0 Å². The van der Waals surface area contributed by atoms with Gasteiger partial charge < -0.3 is 10.2 Å². The average molecular weight is 303 g/mol. The van der Waals surface area contributed by atoms with Crippen LogP contribution in [-0.4, -0.2) is 15.2 Å². The lowest BCUT2D eigenvalue weighted by Crippen LogP contribution is -1.85. The molecule has 1 aromatic heterocycles. The van der Waals surface area contributed by atoms with E-state index in [0.717, 1.165) is 31.4 Å². The molecular formula is C15H13NO2S2. The van der Waals surface area contributed by atoms with E-state index in [0.29, 0.717) is 0 Å². The Labute approximate surface area is 124 Å². The number of rotatable bonds is 3. The van der Waals surface area contributed by atoms with Crippen molar-refractivity contribution < 1.29 is 10.2 Å². The SMILES string of the molecule is CCc1cc(O)c(O)cc1Sc1nc2ccccc2s1. The van der Waals surface area contributed by atoms with Crippen LogP contribution in [0.25, 0.3) is 10.2 Å². The lowest BCUT2D eigenvalue weighted by Gasteiger charge is -2.07. The van der Waals surface area contributed by atoms with Gasteiger partial charge in [0.1, 0.15) is 0 Å². The summed E-state index contributed by atoms with van der Waals surface area (Å²) in [5, 5.41) is 19.2. The molecule has 102 valence electrons. The third-order valence-corrected chi connectivity index (χ3v) is 5.21. The van der Waals surface area contributed by atoms with E-state index in [2.05, 4.69) is 4.98 Å². The van der Waals surface area contributed by atoms with Gasteiger partial charge in [-0.2, -0.15) is 0 Å². The fourth-order valence-electron chi connectivity index (χ4n) is 1.96. The van der Waals surface area contributed by atoms with Crippen molar-refractivity contribution in [3.8, 4) is 11.5 Å². The van der Waals surface area contributed by atoms with E-state index in [-0.39, 0.29) is 11.5 Å². The molecule has 0 bridgehead atoms. The molecule has 0 aliphatic carbocycles. The van der Waals surface area contributed by atoms with Crippen molar-refractivity contribution in [2.45, 2.75) is 22.6 Å². The molecule has 1 heterocycles. The molecule has 0 unspecified atom stereocenters. The normalized spacial score (nSPS) is 11.1. The molecule has 0 fully saturated rings. The summed E-state index contributed by atoms with van der Waals surface area (Å²) in [6.07, 6.45) is 0.793. The first-order valence-corrected chi connectivity index (χ1v) is 7.89. The van der Waals surface area contributed by atoms with Crippen LogP contribution in [0.2, 0.25) is 0 Å². The molecule has 2 N–H and O–H groups in total. The summed E-state index contributed by atoms with van der Waals surface area (Å²) >= 11 is 3.15. The number of aromatic hydroxyl groups is 2. The number of hydrogen-bond acceptors (Lipinski definition) is 5. The smallest absolute Gasteiger partial charge is 0.158 e. The van der Waals surface area contributed by atoms with E-state index in [1.807, 2.05) is 31.2 Å². The molecule has 2 aromatic carbocycles. The first-order valence-electron chi connectivity index (χ1n) is 6.25. The molecule has 0 saturated carbocycles. The fourth-order valence-corrected chi connectivity index (χ4v) is 4.20. The Hall–Kier alpha value is -1.72. The third kappa shape index (κ3) is 2.46. The highest BCUT2D eigenvalue weighted by Gasteiger charge is 2.11. The van der Waals surface area contributed by atoms with Gasteiger partial charge in [-0.1, -0.05) is 30.8 Å². The van der Waals surface area contributed by atoms with Crippen molar-refractivity contribution in [3.63, 3.8) is 0 Å². The predicted molar refractivity (Wildman–Crippen MR) is 82.9 cm³/mol. The zero-order chi connectivity index (χ0) is 14.1. The second kappa shape index (κ2) is 5.34. The molecule has 0 saturated heterocycles. The van der Waals surface area contributed by atoms with Gasteiger partial charge in [-0.15, -0.1) is 11.3 Å². The molecule has 0 spiro atoms. The monoisotopic (exact) mass is 303 g/mol. The first kappa shape index (κ1) is 13.3. The Bertz CT molecular complexity index is 735. The molecule has 0 aliphatic heterocycles. The molecule has 0 aliphatic rings. The van der Waals surface area contributed by atoms with Crippen LogP contribution in [0.4, 0.5) is 0 Å². The van der Waals surface area contributed by atoms with Gasteiger partial charge in [0.15, 0.2) is 15.8 Å². The van der Waals surface area contributed by atoms with E-state index in [1.165, 1.54) is 11.8 Å². The summed E-state index contributed by atoms with van der Waals surface area (Å²) in [7, 11) is 0. The summed E-state index contributed by atoms with van der Waals surface area (Å²) in [4.78, 5) is 5.51. The number of thiazole rings is 1. The molecule has 3 aromatic rings. The molecule has 3 nitrogen and oxygen atoms in total. The number of para-hydroxylation sites is 1. The summed E-state index contributed by atoms with van der Waals surface area (Å²) in [5.41, 5.74) is 1.99. The van der Waals surface area contributed by atoms with Gasteiger partial charge in [0.05, 0.1) is 10.2 Å². The Morgan fingerprint density at radius 2 is 1.90 bits per heavy atom. The van der Waals surface area contributed by atoms with E-state index in [9.17, 15) is 10.2 Å². The van der Waals surface area contributed by atoms with Gasteiger partial charge in [-0.3, -0.25) is 0 Å². The van der Waals surface area contributed by atoms with Crippen molar-refractivity contribution in [2.75, 3.05) is 0 Å². The van der Waals surface area contributed by atoms with Gasteiger partial charge >= 0.3 is 0 Å². The number of hydrogen-bond donors (Lipinski definition) is 2. The number of nitrogens with zero attached hydrogens (tertiary/aromatic N) is 1. The van der Waals surface area contributed by atoms with Crippen LogP contribution in [0.5, 0.6) is 11.5 Å². The topological polar surface area (TPSA) is 53.4 Å². The molecule has 0 radical (unpaired) electrons. The van der Waals surface area contributed by atoms with Gasteiger partial charge in [0, 0.05) is 4.90 Å². The second-order valence-electron chi connectivity index (χ2n) is 4.35. The average Bonchev–Trinajstić information content (AvgIpc) is 2.84. The quantitative estimate of drug-likeness (QED) is 0.703. The molecular weight excluding hydrogens is 290 g/mol. The van der Waals surface area contributed by atoms with Gasteiger partial charge in [-0.25, -0.2) is 4.98 Å². The maximum Gasteiger partial charge on any atom is 0.158 e. The van der Waals surface area contributed by atoms with Crippen LogP contribution in [-0.2, 0) is 6.42 Å². The summed E-state index contributed by atoms with van der Waals surface area (Å²) < 4.78 is 2.09. The van der Waals surface area contributed by atoms with Crippen LogP contribution in [0.3, 0.4) is 0 Å². The number of aromatic nitrogens is 1. The number of fused-ring (bicyclic) bond motifs is 1. The molecule has 0 atom stereocenters. The summed E-state index contributed by atoms with van der Waals surface area (Å²) in [6.45, 7) is 2.02. The number of benzene rings is 2. The zero-order valence-corrected chi connectivity index (χ0v) is 12.5. The number of aryl methyl sites for hydroxylation is 1. The highest BCUT2D eigenvalue weighted by atomic mass is 32.2. The second-order valence-corrected chi connectivity index (χ2v) is 6.67.